The predicted molar refractivity (Wildman–Crippen MR) is 48.4 cm³/mol. The third-order valence-corrected chi connectivity index (χ3v) is 1.75. The molecule has 0 saturated heterocycles. The van der Waals surface area contributed by atoms with Gasteiger partial charge in [0.1, 0.15) is 0 Å². The maximum atomic E-state index is 5.52. The van der Waals surface area contributed by atoms with E-state index < -0.39 is 0 Å². The summed E-state index contributed by atoms with van der Waals surface area (Å²) in [7, 11) is 0. The van der Waals surface area contributed by atoms with Crippen LogP contribution >= 0.6 is 11.6 Å². The van der Waals surface area contributed by atoms with E-state index in [4.69, 9.17) is 11.6 Å². The average Bonchev–Trinajstić information content (AvgIpc) is 2.53. The van der Waals surface area contributed by atoms with Crippen molar-refractivity contribution in [1.82, 2.24) is 20.2 Å². The van der Waals surface area contributed by atoms with Crippen molar-refractivity contribution in [1.29, 1.82) is 0 Å². The molecule has 0 aliphatic carbocycles. The van der Waals surface area contributed by atoms with Crippen molar-refractivity contribution < 1.29 is 0 Å². The van der Waals surface area contributed by atoms with Crippen LogP contribution in [0.25, 0.3) is 0 Å². The van der Waals surface area contributed by atoms with Gasteiger partial charge in [-0.15, -0.1) is 5.10 Å². The Balaban J connectivity index is 2.15. The van der Waals surface area contributed by atoms with Crippen molar-refractivity contribution in [3.8, 4) is 0 Å². The lowest BCUT2D eigenvalue weighted by Crippen LogP contribution is -2.03. The number of nitrogens with zero attached hydrogens (tertiary/aromatic N) is 4. The Morgan fingerprint density at radius 1 is 1.23 bits per heavy atom. The van der Waals surface area contributed by atoms with Gasteiger partial charge in [0.15, 0.2) is 0 Å². The number of halogens is 1. The van der Waals surface area contributed by atoms with Gasteiger partial charge in [-0.2, -0.15) is 4.80 Å². The average molecular weight is 195 g/mol. The molecule has 0 amide bonds. The molecule has 2 aromatic rings. The molecule has 0 N–H and O–H groups in total. The molecule has 0 aliphatic heterocycles. The van der Waals surface area contributed by atoms with Gasteiger partial charge in [-0.25, -0.2) is 0 Å². The van der Waals surface area contributed by atoms with E-state index in [2.05, 4.69) is 15.4 Å². The van der Waals surface area contributed by atoms with E-state index in [0.717, 1.165) is 5.56 Å². The van der Waals surface area contributed by atoms with Crippen LogP contribution in [-0.4, -0.2) is 20.2 Å². The molecule has 1 heterocycles. The zero-order chi connectivity index (χ0) is 9.10. The van der Waals surface area contributed by atoms with Crippen LogP contribution in [0.1, 0.15) is 5.56 Å². The summed E-state index contributed by atoms with van der Waals surface area (Å²) in [5, 5.41) is 11.4. The molecular formula is C8H7ClN4. The summed E-state index contributed by atoms with van der Waals surface area (Å²) in [6, 6.07) is 9.89. The molecule has 0 aliphatic rings. The van der Waals surface area contributed by atoms with Crippen molar-refractivity contribution >= 4 is 11.6 Å². The van der Waals surface area contributed by atoms with Crippen LogP contribution in [0.15, 0.2) is 30.3 Å². The van der Waals surface area contributed by atoms with E-state index in [1.807, 2.05) is 30.3 Å². The molecular weight excluding hydrogens is 188 g/mol. The minimum absolute atomic E-state index is 0.177. The number of hydrogen-bond donors (Lipinski definition) is 0. The van der Waals surface area contributed by atoms with Gasteiger partial charge in [0.2, 0.25) is 0 Å². The molecule has 0 bridgehead atoms. The quantitative estimate of drug-likeness (QED) is 0.726. The van der Waals surface area contributed by atoms with E-state index >= 15 is 0 Å². The minimum Gasteiger partial charge on any atom is -0.158 e. The van der Waals surface area contributed by atoms with Crippen LogP contribution in [0.5, 0.6) is 0 Å². The summed E-state index contributed by atoms with van der Waals surface area (Å²) >= 11 is 5.52. The van der Waals surface area contributed by atoms with E-state index in [1.54, 1.807) is 0 Å². The number of aromatic nitrogens is 4. The molecule has 2 rings (SSSR count). The fraction of sp³-hybridized carbons (Fsp3) is 0.125. The van der Waals surface area contributed by atoms with Gasteiger partial charge < -0.3 is 0 Å². The van der Waals surface area contributed by atoms with Gasteiger partial charge in [0, 0.05) is 0 Å². The van der Waals surface area contributed by atoms with E-state index in [1.165, 1.54) is 4.80 Å². The van der Waals surface area contributed by atoms with E-state index in [0.29, 0.717) is 6.54 Å². The normalized spacial score (nSPS) is 10.2. The first-order valence-electron chi connectivity index (χ1n) is 3.82. The summed E-state index contributed by atoms with van der Waals surface area (Å²) in [4.78, 5) is 1.46. The largest absolute Gasteiger partial charge is 0.264 e. The standard InChI is InChI=1S/C8H7ClN4/c9-8-10-12-13(11-8)6-7-4-2-1-3-5-7/h1-5H,6H2. The Hall–Kier alpha value is -1.42. The lowest BCUT2D eigenvalue weighted by molar-refractivity contribution is 0.572. The first-order valence-corrected chi connectivity index (χ1v) is 4.19. The number of hydrogen-bond acceptors (Lipinski definition) is 3. The molecule has 13 heavy (non-hydrogen) atoms. The van der Waals surface area contributed by atoms with Gasteiger partial charge in [0.25, 0.3) is 5.28 Å². The maximum absolute atomic E-state index is 5.52. The number of rotatable bonds is 2. The molecule has 1 aromatic carbocycles. The van der Waals surface area contributed by atoms with Crippen molar-refractivity contribution in [2.45, 2.75) is 6.54 Å². The molecule has 5 heteroatoms. The van der Waals surface area contributed by atoms with Crippen LogP contribution in [0.4, 0.5) is 0 Å². The SMILES string of the molecule is Clc1nnn(Cc2ccccc2)n1. The monoisotopic (exact) mass is 194 g/mol. The first-order chi connectivity index (χ1) is 6.34. The van der Waals surface area contributed by atoms with Gasteiger partial charge in [-0.05, 0) is 22.4 Å². The van der Waals surface area contributed by atoms with Crippen LogP contribution in [0, 0.1) is 0 Å². The second-order valence-electron chi connectivity index (χ2n) is 2.57. The second kappa shape index (κ2) is 3.53. The Morgan fingerprint density at radius 2 is 2.00 bits per heavy atom. The lowest BCUT2D eigenvalue weighted by Gasteiger charge is -1.97. The van der Waals surface area contributed by atoms with Gasteiger partial charge in [-0.3, -0.25) is 0 Å². The number of tetrazole rings is 1. The summed E-state index contributed by atoms with van der Waals surface area (Å²) in [6.07, 6.45) is 0. The number of benzene rings is 1. The highest BCUT2D eigenvalue weighted by Crippen LogP contribution is 2.01. The van der Waals surface area contributed by atoms with Crippen molar-refractivity contribution in [2.24, 2.45) is 0 Å². The van der Waals surface area contributed by atoms with Crippen molar-refractivity contribution in [3.63, 3.8) is 0 Å². The topological polar surface area (TPSA) is 43.6 Å². The van der Waals surface area contributed by atoms with Crippen LogP contribution in [0.3, 0.4) is 0 Å². The Morgan fingerprint density at radius 3 is 2.62 bits per heavy atom. The third-order valence-electron chi connectivity index (χ3n) is 1.60. The Labute approximate surface area is 80.1 Å². The predicted octanol–water partition coefficient (Wildman–Crippen LogP) is 1.37. The molecule has 0 fully saturated rings. The van der Waals surface area contributed by atoms with Gasteiger partial charge >= 0.3 is 0 Å². The second-order valence-corrected chi connectivity index (χ2v) is 2.91. The maximum Gasteiger partial charge on any atom is 0.264 e. The molecule has 0 atom stereocenters. The summed E-state index contributed by atoms with van der Waals surface area (Å²) in [5.74, 6) is 0. The van der Waals surface area contributed by atoms with Crippen molar-refractivity contribution in [2.75, 3.05) is 0 Å². The highest BCUT2D eigenvalue weighted by molar-refractivity contribution is 6.28. The van der Waals surface area contributed by atoms with E-state index in [-0.39, 0.29) is 5.28 Å². The molecule has 0 radical (unpaired) electrons. The third kappa shape index (κ3) is 2.03. The molecule has 0 spiro atoms. The first kappa shape index (κ1) is 8.19. The van der Waals surface area contributed by atoms with Crippen LogP contribution in [-0.2, 0) is 6.54 Å². The van der Waals surface area contributed by atoms with Crippen molar-refractivity contribution in [3.05, 3.63) is 41.2 Å². The zero-order valence-corrected chi connectivity index (χ0v) is 7.52. The molecule has 0 unspecified atom stereocenters. The zero-order valence-electron chi connectivity index (χ0n) is 6.76. The van der Waals surface area contributed by atoms with Gasteiger partial charge in [0.05, 0.1) is 6.54 Å². The highest BCUT2D eigenvalue weighted by Gasteiger charge is 1.98. The minimum atomic E-state index is 0.177. The van der Waals surface area contributed by atoms with Crippen LogP contribution in [0.2, 0.25) is 5.28 Å². The Kier molecular flexibility index (Phi) is 2.23. The lowest BCUT2D eigenvalue weighted by atomic mass is 10.2. The molecule has 4 nitrogen and oxygen atoms in total. The van der Waals surface area contributed by atoms with Gasteiger partial charge in [-0.1, -0.05) is 35.4 Å². The summed E-state index contributed by atoms with van der Waals surface area (Å²) in [6.45, 7) is 0.598. The summed E-state index contributed by atoms with van der Waals surface area (Å²) < 4.78 is 0. The Bertz CT molecular complexity index is 384. The highest BCUT2D eigenvalue weighted by atomic mass is 35.5. The van der Waals surface area contributed by atoms with E-state index in [9.17, 15) is 0 Å². The smallest absolute Gasteiger partial charge is 0.158 e. The molecule has 1 aromatic heterocycles. The summed E-state index contributed by atoms with van der Waals surface area (Å²) in [5.41, 5.74) is 1.12. The van der Waals surface area contributed by atoms with Crippen LogP contribution < -0.4 is 0 Å². The molecule has 66 valence electrons. The fourth-order valence-corrected chi connectivity index (χ4v) is 1.16. The molecule has 0 saturated carbocycles. The fourth-order valence-electron chi connectivity index (χ4n) is 1.04.